The molecule has 2 heteroatoms. The number of nitrogens with zero attached hydrogens (tertiary/aromatic N) is 2. The zero-order valence-electron chi connectivity index (χ0n) is 26.3. The minimum absolute atomic E-state index is 0.861. The Morgan fingerprint density at radius 1 is 0.486 bits per heavy atom. The van der Waals surface area contributed by atoms with Gasteiger partial charge in [0.05, 0.1) is 0 Å². The van der Waals surface area contributed by atoms with Gasteiger partial charge in [-0.1, -0.05) is 143 Å². The molecule has 0 radical (unpaired) electrons. The summed E-state index contributed by atoms with van der Waals surface area (Å²) in [5, 5.41) is 0. The molecule has 0 aliphatic carbocycles. The molecule has 0 spiro atoms. The van der Waals surface area contributed by atoms with Gasteiger partial charge in [-0.2, -0.15) is 0 Å². The van der Waals surface area contributed by atoms with E-state index in [0.29, 0.717) is 0 Å². The summed E-state index contributed by atoms with van der Waals surface area (Å²) < 4.78 is 0. The van der Waals surface area contributed by atoms with Crippen molar-refractivity contribution in [3.63, 3.8) is 0 Å². The summed E-state index contributed by atoms with van der Waals surface area (Å²) in [6, 6.07) is 1.72. The maximum Gasteiger partial charge on any atom is 0.0227 e. The van der Waals surface area contributed by atoms with Crippen LogP contribution in [-0.2, 0) is 0 Å². The van der Waals surface area contributed by atoms with Gasteiger partial charge in [0.2, 0.25) is 0 Å². The van der Waals surface area contributed by atoms with Gasteiger partial charge >= 0.3 is 0 Å². The van der Waals surface area contributed by atoms with E-state index in [1.807, 2.05) is 0 Å². The first-order valence-electron chi connectivity index (χ1n) is 17.7. The minimum atomic E-state index is 0.861. The fourth-order valence-electron chi connectivity index (χ4n) is 7.49. The van der Waals surface area contributed by atoms with Crippen molar-refractivity contribution >= 4 is 0 Å². The van der Waals surface area contributed by atoms with E-state index in [-0.39, 0.29) is 0 Å². The van der Waals surface area contributed by atoms with Gasteiger partial charge in [-0.15, -0.1) is 0 Å². The highest BCUT2D eigenvalue weighted by atomic mass is 15.3. The monoisotopic (exact) mass is 519 g/mol. The van der Waals surface area contributed by atoms with Crippen molar-refractivity contribution in [1.29, 1.82) is 0 Å². The van der Waals surface area contributed by atoms with Crippen LogP contribution in [0.15, 0.2) is 0 Å². The molecule has 0 aromatic rings. The van der Waals surface area contributed by atoms with Gasteiger partial charge in [-0.3, -0.25) is 9.80 Å². The first-order chi connectivity index (χ1) is 18.2. The Balaban J connectivity index is 1.80. The van der Waals surface area contributed by atoms with Crippen LogP contribution in [0.2, 0.25) is 0 Å². The van der Waals surface area contributed by atoms with Gasteiger partial charge in [0, 0.05) is 31.7 Å². The standard InChI is InChI=1S/C35H70N2/c1-5-9-13-17-21-32(22-18-14-10-6-2)27-28-37-34-25-26-35(37)31-36(30-34)29-33(23-19-15-11-7-3)24-20-16-12-8-4/h32-35H,5-31H2,1-4H3/t34-,35+. The van der Waals surface area contributed by atoms with Crippen LogP contribution < -0.4 is 0 Å². The molecule has 220 valence electrons. The lowest BCUT2D eigenvalue weighted by molar-refractivity contribution is 0.0504. The van der Waals surface area contributed by atoms with E-state index >= 15 is 0 Å². The van der Waals surface area contributed by atoms with Crippen LogP contribution in [0.1, 0.15) is 175 Å². The van der Waals surface area contributed by atoms with E-state index in [0.717, 1.165) is 23.9 Å². The molecule has 2 bridgehead atoms. The SMILES string of the molecule is CCCCCCC(CCCCCC)CCN1[C@@H]2CC[C@H]1CN(CC(CCCCCC)CCCCCC)C2. The average Bonchev–Trinajstić information content (AvgIpc) is 3.14. The van der Waals surface area contributed by atoms with E-state index in [2.05, 4.69) is 37.5 Å². The second-order valence-electron chi connectivity index (χ2n) is 13.3. The summed E-state index contributed by atoms with van der Waals surface area (Å²) >= 11 is 0. The van der Waals surface area contributed by atoms with Crippen LogP contribution >= 0.6 is 0 Å². The number of hydrogen-bond donors (Lipinski definition) is 0. The summed E-state index contributed by atoms with van der Waals surface area (Å²) in [6.07, 6.45) is 33.3. The highest BCUT2D eigenvalue weighted by molar-refractivity contribution is 4.96. The molecule has 0 unspecified atom stereocenters. The maximum absolute atomic E-state index is 3.00. The summed E-state index contributed by atoms with van der Waals surface area (Å²) in [5.41, 5.74) is 0. The van der Waals surface area contributed by atoms with E-state index < -0.39 is 0 Å². The molecule has 0 amide bonds. The first-order valence-corrected chi connectivity index (χ1v) is 17.7. The van der Waals surface area contributed by atoms with Crippen molar-refractivity contribution in [3.05, 3.63) is 0 Å². The Hall–Kier alpha value is -0.0800. The lowest BCUT2D eigenvalue weighted by atomic mass is 9.91. The van der Waals surface area contributed by atoms with Gasteiger partial charge in [-0.25, -0.2) is 0 Å². The van der Waals surface area contributed by atoms with Crippen LogP contribution in [0, 0.1) is 11.8 Å². The van der Waals surface area contributed by atoms with Crippen LogP contribution in [-0.4, -0.2) is 48.1 Å². The van der Waals surface area contributed by atoms with Crippen molar-refractivity contribution in [3.8, 4) is 0 Å². The predicted octanol–water partition coefficient (Wildman–Crippen LogP) is 10.6. The van der Waals surface area contributed by atoms with Crippen molar-refractivity contribution in [2.45, 2.75) is 187 Å². The number of fused-ring (bicyclic) bond motifs is 2. The third kappa shape index (κ3) is 14.2. The molecule has 2 aliphatic rings. The van der Waals surface area contributed by atoms with Crippen molar-refractivity contribution in [2.75, 3.05) is 26.2 Å². The molecular formula is C35H70N2. The molecule has 2 nitrogen and oxygen atoms in total. The number of piperazine rings is 1. The fraction of sp³-hybridized carbons (Fsp3) is 1.00. The van der Waals surface area contributed by atoms with E-state index in [1.54, 1.807) is 0 Å². The Morgan fingerprint density at radius 2 is 0.892 bits per heavy atom. The lowest BCUT2D eigenvalue weighted by Crippen LogP contribution is -2.54. The van der Waals surface area contributed by atoms with Gasteiger partial charge in [0.1, 0.15) is 0 Å². The Labute approximate surface area is 235 Å². The molecule has 2 rings (SSSR count). The van der Waals surface area contributed by atoms with Crippen molar-refractivity contribution < 1.29 is 0 Å². The minimum Gasteiger partial charge on any atom is -0.300 e. The van der Waals surface area contributed by atoms with Crippen molar-refractivity contribution in [1.82, 2.24) is 9.80 Å². The van der Waals surface area contributed by atoms with Gasteiger partial charge in [-0.05, 0) is 50.5 Å². The molecule has 0 aromatic heterocycles. The van der Waals surface area contributed by atoms with Gasteiger partial charge < -0.3 is 0 Å². The second kappa shape index (κ2) is 21.7. The number of rotatable bonds is 25. The summed E-state index contributed by atoms with van der Waals surface area (Å²) in [7, 11) is 0. The van der Waals surface area contributed by atoms with E-state index in [9.17, 15) is 0 Å². The molecule has 0 N–H and O–H groups in total. The topological polar surface area (TPSA) is 6.48 Å². The summed E-state index contributed by atoms with van der Waals surface area (Å²) in [5.74, 6) is 1.94. The highest BCUT2D eigenvalue weighted by Gasteiger charge is 2.39. The zero-order chi connectivity index (χ0) is 26.6. The third-order valence-electron chi connectivity index (χ3n) is 9.88. The van der Waals surface area contributed by atoms with Crippen LogP contribution in [0.5, 0.6) is 0 Å². The molecule has 2 atom stereocenters. The fourth-order valence-corrected chi connectivity index (χ4v) is 7.49. The Morgan fingerprint density at radius 3 is 1.30 bits per heavy atom. The largest absolute Gasteiger partial charge is 0.300 e. The smallest absolute Gasteiger partial charge is 0.0227 e. The number of unbranched alkanes of at least 4 members (excludes halogenated alkanes) is 12. The maximum atomic E-state index is 3.00. The molecule has 2 aliphatic heterocycles. The zero-order valence-corrected chi connectivity index (χ0v) is 26.3. The van der Waals surface area contributed by atoms with Gasteiger partial charge in [0.25, 0.3) is 0 Å². The first kappa shape index (κ1) is 33.1. The molecule has 0 aromatic carbocycles. The molecular weight excluding hydrogens is 448 g/mol. The van der Waals surface area contributed by atoms with Crippen LogP contribution in [0.3, 0.4) is 0 Å². The lowest BCUT2D eigenvalue weighted by Gasteiger charge is -2.42. The van der Waals surface area contributed by atoms with Crippen LogP contribution in [0.4, 0.5) is 0 Å². The van der Waals surface area contributed by atoms with E-state index in [4.69, 9.17) is 0 Å². The summed E-state index contributed by atoms with van der Waals surface area (Å²) in [4.78, 5) is 5.93. The number of hydrogen-bond acceptors (Lipinski definition) is 2. The quantitative estimate of drug-likeness (QED) is 0.111. The average molecular weight is 519 g/mol. The Bertz CT molecular complexity index is 467. The van der Waals surface area contributed by atoms with Crippen molar-refractivity contribution in [2.24, 2.45) is 11.8 Å². The normalized spacial score (nSPS) is 20.6. The molecule has 2 heterocycles. The molecule has 37 heavy (non-hydrogen) atoms. The molecule has 2 fully saturated rings. The van der Waals surface area contributed by atoms with Gasteiger partial charge in [0.15, 0.2) is 0 Å². The highest BCUT2D eigenvalue weighted by Crippen LogP contribution is 2.33. The molecule has 2 saturated heterocycles. The van der Waals surface area contributed by atoms with Crippen LogP contribution in [0.25, 0.3) is 0 Å². The molecule has 0 saturated carbocycles. The third-order valence-corrected chi connectivity index (χ3v) is 9.88. The van der Waals surface area contributed by atoms with E-state index in [1.165, 1.54) is 174 Å². The summed E-state index contributed by atoms with van der Waals surface area (Å²) in [6.45, 7) is 14.9. The number of likely N-dealkylation sites (tertiary alicyclic amines) is 1. The predicted molar refractivity (Wildman–Crippen MR) is 167 cm³/mol. The second-order valence-corrected chi connectivity index (χ2v) is 13.3. The Kier molecular flexibility index (Phi) is 19.4.